The first-order valence-corrected chi connectivity index (χ1v) is 6.91. The van der Waals surface area contributed by atoms with E-state index < -0.39 is 17.4 Å². The fourth-order valence-electron chi connectivity index (χ4n) is 2.46. The van der Waals surface area contributed by atoms with Crippen molar-refractivity contribution < 1.29 is 14.0 Å². The fraction of sp³-hybridized carbons (Fsp3) is 0.500. The van der Waals surface area contributed by atoms with E-state index in [4.69, 9.17) is 10.2 Å². The topological polar surface area (TPSA) is 114 Å². The molecule has 1 unspecified atom stereocenters. The van der Waals surface area contributed by atoms with E-state index in [1.54, 1.807) is 13.0 Å². The van der Waals surface area contributed by atoms with Crippen LogP contribution in [0.2, 0.25) is 0 Å². The first-order valence-electron chi connectivity index (χ1n) is 6.91. The highest BCUT2D eigenvalue weighted by Crippen LogP contribution is 2.23. The first kappa shape index (κ1) is 15.2. The smallest absolute Gasteiger partial charge is 0.349 e. The molecule has 0 aliphatic carbocycles. The SMILES string of the molecule is Cc1cc(C2CCCNC2)oc(=O)c1C(=O)NCC(N)=O. The maximum atomic E-state index is 12.0. The number of aryl methyl sites for hydroxylation is 1. The highest BCUT2D eigenvalue weighted by atomic mass is 16.4. The molecule has 1 atom stereocenters. The van der Waals surface area contributed by atoms with Crippen LogP contribution in [0.1, 0.15) is 40.4 Å². The summed E-state index contributed by atoms with van der Waals surface area (Å²) < 4.78 is 5.28. The van der Waals surface area contributed by atoms with Crippen molar-refractivity contribution in [1.82, 2.24) is 10.6 Å². The Hall–Kier alpha value is -2.15. The van der Waals surface area contributed by atoms with Gasteiger partial charge < -0.3 is 20.8 Å². The van der Waals surface area contributed by atoms with E-state index >= 15 is 0 Å². The molecule has 1 aromatic rings. The van der Waals surface area contributed by atoms with Gasteiger partial charge in [-0.05, 0) is 37.9 Å². The van der Waals surface area contributed by atoms with Crippen molar-refractivity contribution in [3.8, 4) is 0 Å². The third-order valence-corrected chi connectivity index (χ3v) is 3.52. The second-order valence-corrected chi connectivity index (χ2v) is 5.19. The molecule has 1 fully saturated rings. The van der Waals surface area contributed by atoms with Gasteiger partial charge in [-0.15, -0.1) is 0 Å². The number of nitrogens with one attached hydrogen (secondary N) is 2. The maximum Gasteiger partial charge on any atom is 0.349 e. The van der Waals surface area contributed by atoms with E-state index in [1.807, 2.05) is 0 Å². The second-order valence-electron chi connectivity index (χ2n) is 5.19. The highest BCUT2D eigenvalue weighted by Gasteiger charge is 2.22. The van der Waals surface area contributed by atoms with Crippen molar-refractivity contribution >= 4 is 11.8 Å². The van der Waals surface area contributed by atoms with E-state index in [0.29, 0.717) is 11.3 Å². The maximum absolute atomic E-state index is 12.0. The minimum absolute atomic E-state index is 0.0798. The van der Waals surface area contributed by atoms with Crippen molar-refractivity contribution in [1.29, 1.82) is 0 Å². The summed E-state index contributed by atoms with van der Waals surface area (Å²) in [6.07, 6.45) is 1.97. The third-order valence-electron chi connectivity index (χ3n) is 3.52. The van der Waals surface area contributed by atoms with Crippen LogP contribution in [-0.4, -0.2) is 31.4 Å². The third kappa shape index (κ3) is 3.69. The van der Waals surface area contributed by atoms with Gasteiger partial charge in [-0.3, -0.25) is 9.59 Å². The van der Waals surface area contributed by atoms with Crippen LogP contribution in [0.25, 0.3) is 0 Å². The molecule has 7 heteroatoms. The Morgan fingerprint density at radius 2 is 2.29 bits per heavy atom. The molecule has 114 valence electrons. The molecule has 0 saturated carbocycles. The number of carbonyl (C=O) groups excluding carboxylic acids is 2. The zero-order valence-electron chi connectivity index (χ0n) is 11.9. The van der Waals surface area contributed by atoms with Gasteiger partial charge in [0.15, 0.2) is 0 Å². The van der Waals surface area contributed by atoms with E-state index in [1.165, 1.54) is 0 Å². The van der Waals surface area contributed by atoms with Crippen molar-refractivity contribution in [3.05, 3.63) is 33.4 Å². The van der Waals surface area contributed by atoms with E-state index in [0.717, 1.165) is 25.9 Å². The Morgan fingerprint density at radius 3 is 2.86 bits per heavy atom. The van der Waals surface area contributed by atoms with Crippen molar-refractivity contribution in [3.63, 3.8) is 0 Å². The number of piperidine rings is 1. The van der Waals surface area contributed by atoms with Gasteiger partial charge in [-0.25, -0.2) is 4.79 Å². The summed E-state index contributed by atoms with van der Waals surface area (Å²) in [5, 5.41) is 5.54. The number of rotatable bonds is 4. The minimum Gasteiger partial charge on any atom is -0.427 e. The normalized spacial score (nSPS) is 18.2. The van der Waals surface area contributed by atoms with Gasteiger partial charge in [0.05, 0.1) is 6.54 Å². The van der Waals surface area contributed by atoms with Gasteiger partial charge in [0.25, 0.3) is 5.91 Å². The molecule has 0 spiro atoms. The lowest BCUT2D eigenvalue weighted by atomic mass is 9.95. The summed E-state index contributed by atoms with van der Waals surface area (Å²) in [5.74, 6) is -0.576. The Bertz CT molecular complexity index is 603. The van der Waals surface area contributed by atoms with Crippen LogP contribution in [0.5, 0.6) is 0 Å². The summed E-state index contributed by atoms with van der Waals surface area (Å²) in [7, 11) is 0. The zero-order chi connectivity index (χ0) is 15.4. The molecule has 2 rings (SSSR count). The van der Waals surface area contributed by atoms with E-state index in [9.17, 15) is 14.4 Å². The fourth-order valence-corrected chi connectivity index (χ4v) is 2.46. The van der Waals surface area contributed by atoms with Crippen LogP contribution in [0.15, 0.2) is 15.3 Å². The summed E-state index contributed by atoms with van der Waals surface area (Å²) in [6.45, 7) is 3.09. The van der Waals surface area contributed by atoms with Crippen LogP contribution in [0, 0.1) is 6.92 Å². The molecular weight excluding hydrogens is 274 g/mol. The van der Waals surface area contributed by atoms with Gasteiger partial charge in [0.2, 0.25) is 5.91 Å². The average molecular weight is 293 g/mol. The van der Waals surface area contributed by atoms with Gasteiger partial charge in [-0.2, -0.15) is 0 Å². The summed E-state index contributed by atoms with van der Waals surface area (Å²) >= 11 is 0. The largest absolute Gasteiger partial charge is 0.427 e. The molecule has 2 amide bonds. The van der Waals surface area contributed by atoms with Gasteiger partial charge in [-0.1, -0.05) is 0 Å². The Balaban J connectivity index is 2.22. The van der Waals surface area contributed by atoms with Crippen LogP contribution < -0.4 is 22.0 Å². The van der Waals surface area contributed by atoms with Crippen LogP contribution in [0.3, 0.4) is 0 Å². The highest BCUT2D eigenvalue weighted by molar-refractivity contribution is 5.97. The summed E-state index contributed by atoms with van der Waals surface area (Å²) in [5.41, 5.74) is 4.73. The molecule has 0 radical (unpaired) electrons. The number of hydrogen-bond acceptors (Lipinski definition) is 5. The van der Waals surface area contributed by atoms with Crippen molar-refractivity contribution in [2.45, 2.75) is 25.7 Å². The number of amides is 2. The second kappa shape index (κ2) is 6.53. The number of carbonyl (C=O) groups is 2. The molecule has 4 N–H and O–H groups in total. The lowest BCUT2D eigenvalue weighted by Crippen LogP contribution is -2.36. The number of primary amides is 1. The number of nitrogens with two attached hydrogens (primary N) is 1. The molecular formula is C14H19N3O4. The molecule has 21 heavy (non-hydrogen) atoms. The zero-order valence-corrected chi connectivity index (χ0v) is 11.9. The molecule has 0 aromatic carbocycles. The van der Waals surface area contributed by atoms with Crippen LogP contribution in [-0.2, 0) is 4.79 Å². The monoisotopic (exact) mass is 293 g/mol. The lowest BCUT2D eigenvalue weighted by Gasteiger charge is -2.22. The number of hydrogen-bond donors (Lipinski definition) is 3. The van der Waals surface area contributed by atoms with Gasteiger partial charge in [0, 0.05) is 12.5 Å². The summed E-state index contributed by atoms with van der Waals surface area (Å²) in [4.78, 5) is 34.6. The lowest BCUT2D eigenvalue weighted by molar-refractivity contribution is -0.117. The van der Waals surface area contributed by atoms with Crippen LogP contribution >= 0.6 is 0 Å². The predicted molar refractivity (Wildman–Crippen MR) is 76.1 cm³/mol. The minimum atomic E-state index is -0.683. The summed E-state index contributed by atoms with van der Waals surface area (Å²) in [6, 6.07) is 1.72. The Morgan fingerprint density at radius 1 is 1.52 bits per heavy atom. The van der Waals surface area contributed by atoms with Gasteiger partial charge >= 0.3 is 5.63 Å². The van der Waals surface area contributed by atoms with E-state index in [-0.39, 0.29) is 18.0 Å². The molecule has 1 aromatic heterocycles. The van der Waals surface area contributed by atoms with Crippen molar-refractivity contribution in [2.24, 2.45) is 5.73 Å². The molecule has 1 aliphatic heterocycles. The predicted octanol–water partition coefficient (Wildman–Crippen LogP) is -0.370. The van der Waals surface area contributed by atoms with Crippen LogP contribution in [0.4, 0.5) is 0 Å². The van der Waals surface area contributed by atoms with Gasteiger partial charge in [0.1, 0.15) is 11.3 Å². The average Bonchev–Trinajstić information content (AvgIpc) is 2.45. The van der Waals surface area contributed by atoms with Crippen molar-refractivity contribution in [2.75, 3.05) is 19.6 Å². The first-order chi connectivity index (χ1) is 9.99. The quantitative estimate of drug-likeness (QED) is 0.700. The molecule has 2 heterocycles. The Kier molecular flexibility index (Phi) is 4.74. The molecule has 1 aliphatic rings. The standard InChI is InChI=1S/C14H19N3O4/c1-8-5-10(9-3-2-4-16-6-9)21-14(20)12(8)13(19)17-7-11(15)18/h5,9,16H,2-4,6-7H2,1H3,(H2,15,18)(H,17,19). The molecule has 7 nitrogen and oxygen atoms in total. The molecule has 1 saturated heterocycles. The Labute approximate surface area is 121 Å². The van der Waals surface area contributed by atoms with E-state index in [2.05, 4.69) is 10.6 Å². The molecule has 0 bridgehead atoms.